The fourth-order valence-electron chi connectivity index (χ4n) is 2.12. The van der Waals surface area contributed by atoms with Gasteiger partial charge < -0.3 is 4.18 Å². The van der Waals surface area contributed by atoms with Gasteiger partial charge in [-0.05, 0) is 30.9 Å². The van der Waals surface area contributed by atoms with Crippen LogP contribution in [0, 0.1) is 12.8 Å². The molecule has 0 heterocycles. The molecule has 1 aliphatic carbocycles. The van der Waals surface area contributed by atoms with Crippen LogP contribution in [0.3, 0.4) is 0 Å². The van der Waals surface area contributed by atoms with E-state index in [0.717, 1.165) is 11.1 Å². The summed E-state index contributed by atoms with van der Waals surface area (Å²) < 4.78 is 63.7. The summed E-state index contributed by atoms with van der Waals surface area (Å²) in [5.41, 5.74) is -3.30. The maximum atomic E-state index is 12.4. The molecule has 0 radical (unpaired) electrons. The number of hydrogen-bond donors (Lipinski definition) is 0. The molecule has 0 bridgehead atoms. The van der Waals surface area contributed by atoms with Crippen LogP contribution in [-0.4, -0.2) is 13.9 Å². The lowest BCUT2D eigenvalue weighted by molar-refractivity contribution is -0.0509. The molecule has 0 aromatic heterocycles. The van der Waals surface area contributed by atoms with Crippen LogP contribution < -0.4 is 0 Å². The Morgan fingerprint density at radius 1 is 1.30 bits per heavy atom. The van der Waals surface area contributed by atoms with Crippen LogP contribution in [0.2, 0.25) is 0 Å². The summed E-state index contributed by atoms with van der Waals surface area (Å²) in [5.74, 6) is -0.348. The summed E-state index contributed by atoms with van der Waals surface area (Å²) in [6.07, 6.45) is 2.04. The van der Waals surface area contributed by atoms with E-state index in [1.807, 2.05) is 13.0 Å². The quantitative estimate of drug-likeness (QED) is 0.621. The Balaban J connectivity index is 2.43. The fourth-order valence-corrected chi connectivity index (χ4v) is 2.60. The smallest absolute Gasteiger partial charge is 0.376 e. The van der Waals surface area contributed by atoms with Gasteiger partial charge in [-0.1, -0.05) is 30.7 Å². The van der Waals surface area contributed by atoms with Crippen molar-refractivity contribution in [3.63, 3.8) is 0 Å². The molecule has 0 saturated carbocycles. The van der Waals surface area contributed by atoms with Crippen LogP contribution >= 0.6 is 0 Å². The Kier molecular flexibility index (Phi) is 3.58. The second kappa shape index (κ2) is 4.80. The molecule has 0 aliphatic heterocycles. The second-order valence-corrected chi connectivity index (χ2v) is 6.39. The van der Waals surface area contributed by atoms with Gasteiger partial charge in [0, 0.05) is 5.56 Å². The van der Waals surface area contributed by atoms with Gasteiger partial charge in [-0.25, -0.2) is 0 Å². The minimum atomic E-state index is -5.64. The summed E-state index contributed by atoms with van der Waals surface area (Å²) in [4.78, 5) is 0. The van der Waals surface area contributed by atoms with Crippen molar-refractivity contribution >= 4 is 15.9 Å². The molecule has 0 N–H and O–H groups in total. The highest BCUT2D eigenvalue weighted by Gasteiger charge is 2.49. The molecule has 1 aliphatic rings. The zero-order chi connectivity index (χ0) is 15.1. The average Bonchev–Trinajstić information content (AvgIpc) is 2.25. The molecule has 1 unspecified atom stereocenters. The van der Waals surface area contributed by atoms with Gasteiger partial charge in [0.15, 0.2) is 0 Å². The van der Waals surface area contributed by atoms with E-state index in [9.17, 15) is 21.6 Å². The van der Waals surface area contributed by atoms with E-state index < -0.39 is 15.6 Å². The number of alkyl halides is 3. The van der Waals surface area contributed by atoms with Crippen molar-refractivity contribution < 1.29 is 25.8 Å². The summed E-state index contributed by atoms with van der Waals surface area (Å²) in [6.45, 7) is 3.64. The second-order valence-electron chi connectivity index (χ2n) is 4.86. The Hall–Kier alpha value is -1.50. The standard InChI is InChI=1S/C13H13F3O3S/c1-8-3-4-11-10(5-8)6-9(2)7-12(11)19-20(17,18)13(14,15)16/h3-5,7,9H,6H2,1-2H3. The Morgan fingerprint density at radius 2 is 1.95 bits per heavy atom. The zero-order valence-electron chi connectivity index (χ0n) is 10.9. The number of fused-ring (bicyclic) bond motifs is 1. The lowest BCUT2D eigenvalue weighted by atomic mass is 9.88. The van der Waals surface area contributed by atoms with Gasteiger partial charge in [0.25, 0.3) is 0 Å². The first-order valence-electron chi connectivity index (χ1n) is 5.92. The molecule has 2 rings (SSSR count). The number of benzene rings is 1. The molecule has 0 saturated heterocycles. The molecule has 1 atom stereocenters. The Bertz CT molecular complexity index is 660. The van der Waals surface area contributed by atoms with Gasteiger partial charge in [-0.15, -0.1) is 0 Å². The molecule has 1 aromatic rings. The zero-order valence-corrected chi connectivity index (χ0v) is 11.7. The summed E-state index contributed by atoms with van der Waals surface area (Å²) >= 11 is 0. The van der Waals surface area contributed by atoms with E-state index in [-0.39, 0.29) is 11.7 Å². The summed E-state index contributed by atoms with van der Waals surface area (Å²) in [7, 11) is -5.64. The first kappa shape index (κ1) is 14.9. The summed E-state index contributed by atoms with van der Waals surface area (Å²) in [5, 5.41) is 0. The molecule has 3 nitrogen and oxygen atoms in total. The number of aryl methyl sites for hydroxylation is 1. The normalized spacial score (nSPS) is 19.2. The van der Waals surface area contributed by atoms with Crippen LogP contribution in [0.25, 0.3) is 5.76 Å². The monoisotopic (exact) mass is 306 g/mol. The number of halogens is 3. The first-order valence-corrected chi connectivity index (χ1v) is 7.33. The average molecular weight is 306 g/mol. The minimum absolute atomic E-state index is 0.0947. The first-order chi connectivity index (χ1) is 9.10. The van der Waals surface area contributed by atoms with Crippen molar-refractivity contribution in [2.75, 3.05) is 0 Å². The fraction of sp³-hybridized carbons (Fsp3) is 0.385. The van der Waals surface area contributed by atoms with E-state index in [1.54, 1.807) is 19.1 Å². The summed E-state index contributed by atoms with van der Waals surface area (Å²) in [6, 6.07) is 5.10. The van der Waals surface area contributed by atoms with Gasteiger partial charge in [0.2, 0.25) is 0 Å². The van der Waals surface area contributed by atoms with Crippen LogP contribution in [0.4, 0.5) is 13.2 Å². The third-order valence-electron chi connectivity index (χ3n) is 2.99. The third kappa shape index (κ3) is 2.82. The van der Waals surface area contributed by atoms with Crippen molar-refractivity contribution in [3.05, 3.63) is 41.0 Å². The molecule has 110 valence electrons. The number of rotatable bonds is 2. The maximum Gasteiger partial charge on any atom is 0.534 e. The van der Waals surface area contributed by atoms with Crippen molar-refractivity contribution in [1.29, 1.82) is 0 Å². The highest BCUT2D eigenvalue weighted by Crippen LogP contribution is 2.35. The van der Waals surface area contributed by atoms with Crippen LogP contribution in [0.1, 0.15) is 23.6 Å². The topological polar surface area (TPSA) is 43.4 Å². The van der Waals surface area contributed by atoms with Gasteiger partial charge in [0.05, 0.1) is 0 Å². The van der Waals surface area contributed by atoms with E-state index in [1.165, 1.54) is 6.08 Å². The van der Waals surface area contributed by atoms with Crippen molar-refractivity contribution in [3.8, 4) is 0 Å². The van der Waals surface area contributed by atoms with E-state index in [2.05, 4.69) is 4.18 Å². The Morgan fingerprint density at radius 3 is 2.55 bits per heavy atom. The minimum Gasteiger partial charge on any atom is -0.376 e. The SMILES string of the molecule is Cc1ccc2c(c1)CC(C)C=C2OS(=O)(=O)C(F)(F)F. The number of hydrogen-bond acceptors (Lipinski definition) is 3. The van der Waals surface area contributed by atoms with E-state index in [0.29, 0.717) is 12.0 Å². The maximum absolute atomic E-state index is 12.4. The van der Waals surface area contributed by atoms with Crippen molar-refractivity contribution in [2.45, 2.75) is 25.8 Å². The largest absolute Gasteiger partial charge is 0.534 e. The molecule has 7 heteroatoms. The van der Waals surface area contributed by atoms with E-state index >= 15 is 0 Å². The molecular formula is C13H13F3O3S. The van der Waals surface area contributed by atoms with Gasteiger partial charge in [-0.3, -0.25) is 0 Å². The molecule has 1 aromatic carbocycles. The predicted molar refractivity (Wildman–Crippen MR) is 68.1 cm³/mol. The van der Waals surface area contributed by atoms with Crippen LogP contribution in [0.15, 0.2) is 24.3 Å². The molecule has 0 fully saturated rings. The van der Waals surface area contributed by atoms with Crippen LogP contribution in [0.5, 0.6) is 0 Å². The molecular weight excluding hydrogens is 293 g/mol. The predicted octanol–water partition coefficient (Wildman–Crippen LogP) is 3.39. The lowest BCUT2D eigenvalue weighted by Crippen LogP contribution is -2.26. The van der Waals surface area contributed by atoms with Crippen molar-refractivity contribution in [2.24, 2.45) is 5.92 Å². The van der Waals surface area contributed by atoms with Gasteiger partial charge >= 0.3 is 15.6 Å². The number of allylic oxidation sites excluding steroid dienone is 1. The van der Waals surface area contributed by atoms with Crippen molar-refractivity contribution in [1.82, 2.24) is 0 Å². The van der Waals surface area contributed by atoms with Gasteiger partial charge in [0.1, 0.15) is 5.76 Å². The molecule has 0 amide bonds. The highest BCUT2D eigenvalue weighted by molar-refractivity contribution is 7.87. The van der Waals surface area contributed by atoms with Gasteiger partial charge in [-0.2, -0.15) is 21.6 Å². The molecule has 0 spiro atoms. The Labute approximate surface area is 115 Å². The lowest BCUT2D eigenvalue weighted by Gasteiger charge is -2.22. The highest BCUT2D eigenvalue weighted by atomic mass is 32.2. The van der Waals surface area contributed by atoms with E-state index in [4.69, 9.17) is 0 Å². The van der Waals surface area contributed by atoms with Crippen LogP contribution in [-0.2, 0) is 20.7 Å². The third-order valence-corrected chi connectivity index (χ3v) is 3.95. The molecule has 20 heavy (non-hydrogen) atoms.